The molecule has 0 saturated heterocycles. The number of alkyl halides is 18. The van der Waals surface area contributed by atoms with E-state index in [0.29, 0.717) is 23.3 Å². The number of carbonyl (C=O) groups is 6. The van der Waals surface area contributed by atoms with Crippen molar-refractivity contribution in [2.45, 2.75) is 37.1 Å². The van der Waals surface area contributed by atoms with Crippen molar-refractivity contribution >= 4 is 34.7 Å². The van der Waals surface area contributed by atoms with Gasteiger partial charge < -0.3 is 40.9 Å². The number of halogens is 18. The van der Waals surface area contributed by atoms with Gasteiger partial charge >= 0.3 is 119 Å². The van der Waals surface area contributed by atoms with Crippen molar-refractivity contribution < 1.29 is 230 Å². The largest absolute Gasteiger partial charge is 3.00 e. The number of hydrogen-bond donors (Lipinski definition) is 2. The third-order valence-electron chi connectivity index (χ3n) is 12.3. The molecule has 120 heavy (non-hydrogen) atoms. The average molecular weight is 1960 g/mol. The molecule has 42 heteroatoms. The monoisotopic (exact) mass is 1950 g/mol. The van der Waals surface area contributed by atoms with Gasteiger partial charge in [-0.2, -0.15) is 79.0 Å². The molecule has 4 aromatic heterocycles. The molecular formula is C78H56F18N8Nd2O14. The zero-order valence-electron chi connectivity index (χ0n) is 60.9. The second-order valence-corrected chi connectivity index (χ2v) is 20.7. The van der Waals surface area contributed by atoms with Gasteiger partial charge in [-0.25, -0.2) is 39.9 Å². The molecule has 10 rings (SSSR count). The Hall–Kier alpha value is -11.7. The molecule has 0 amide bonds. The van der Waals surface area contributed by atoms with Crippen LogP contribution in [0.5, 0.6) is 0 Å². The van der Waals surface area contributed by atoms with Gasteiger partial charge in [0.25, 0.3) is 0 Å². The van der Waals surface area contributed by atoms with E-state index in [4.69, 9.17) is 10.2 Å². The Labute approximate surface area is 733 Å². The van der Waals surface area contributed by atoms with Gasteiger partial charge in [0.15, 0.2) is 58.0 Å². The molecule has 626 valence electrons. The Morgan fingerprint density at radius 3 is 0.408 bits per heavy atom. The van der Waals surface area contributed by atoms with Crippen LogP contribution < -0.4 is 30.6 Å². The zero-order valence-corrected chi connectivity index (χ0v) is 67.3. The molecule has 0 spiro atoms. The predicted octanol–water partition coefficient (Wildman–Crippen LogP) is 11.1. The van der Waals surface area contributed by atoms with Gasteiger partial charge in [-0.05, 0) is 95.3 Å². The normalized spacial score (nSPS) is 11.5. The Morgan fingerprint density at radius 2 is 0.317 bits per heavy atom. The van der Waals surface area contributed by atoms with Crippen molar-refractivity contribution in [3.63, 3.8) is 0 Å². The summed E-state index contributed by atoms with van der Waals surface area (Å²) in [7, 11) is 2.00. The van der Waals surface area contributed by atoms with Crippen LogP contribution in [0.1, 0.15) is 62.1 Å². The quantitative estimate of drug-likeness (QED) is 0.0442. The van der Waals surface area contributed by atoms with Crippen LogP contribution in [-0.2, 0) is 0 Å². The predicted molar refractivity (Wildman–Crippen MR) is 372 cm³/mol. The summed E-state index contributed by atoms with van der Waals surface area (Å²) in [6.07, 6.45) is -16.3. The van der Waals surface area contributed by atoms with Crippen LogP contribution >= 0.6 is 0 Å². The molecule has 0 aliphatic rings. The third-order valence-corrected chi connectivity index (χ3v) is 12.3. The fourth-order valence-corrected chi connectivity index (χ4v) is 6.98. The molecular weight excluding hydrogens is 1900 g/mol. The summed E-state index contributed by atoms with van der Waals surface area (Å²) in [5.74, 6) is -16.3. The molecule has 2 N–H and O–H groups in total. The standard InChI is InChI=1S/6C10H7F3O2.2C8H6N4.2CH4O.2Nd/c6*11-10(12,13)9(15)6-8(14)7-4-2-1-3-5-7;2*1-3-9-7(10-4-1)8-11-5-2-6-12-8;2*1-2;;/h6*1-6,15H;2*1-6H;2*2H,1H3;;/q;;;;;;;;;;2*+3/p-6/b6*9-6-;;;;;;. The number of aliphatic hydroxyl groups excluding tert-OH is 2. The van der Waals surface area contributed by atoms with E-state index < -0.39 is 106 Å². The molecule has 10 aromatic rings. The van der Waals surface area contributed by atoms with Gasteiger partial charge in [-0.3, -0.25) is 28.8 Å². The summed E-state index contributed by atoms with van der Waals surface area (Å²) in [6, 6.07) is 50.7. The van der Waals surface area contributed by atoms with Gasteiger partial charge in [0.2, 0.25) is 0 Å². The third kappa shape index (κ3) is 45.8. The van der Waals surface area contributed by atoms with Gasteiger partial charge in [0, 0.05) is 97.2 Å². The molecule has 2 radical (unpaired) electrons. The van der Waals surface area contributed by atoms with Crippen LogP contribution in [0.2, 0.25) is 0 Å². The van der Waals surface area contributed by atoms with E-state index in [1.165, 1.54) is 146 Å². The Morgan fingerprint density at radius 1 is 0.217 bits per heavy atom. The second kappa shape index (κ2) is 56.6. The first kappa shape index (κ1) is 110. The molecule has 0 bridgehead atoms. The summed E-state index contributed by atoms with van der Waals surface area (Å²) >= 11 is 0. The molecule has 0 aliphatic heterocycles. The van der Waals surface area contributed by atoms with E-state index in [0.717, 1.165) is 14.2 Å². The van der Waals surface area contributed by atoms with Crippen LogP contribution in [0.25, 0.3) is 23.3 Å². The molecule has 22 nitrogen and oxygen atoms in total. The number of hydrogen-bond acceptors (Lipinski definition) is 22. The van der Waals surface area contributed by atoms with E-state index in [2.05, 4.69) is 39.9 Å². The molecule has 0 saturated carbocycles. The number of aliphatic hydroxyl groups is 2. The van der Waals surface area contributed by atoms with E-state index in [1.54, 1.807) is 110 Å². The SMILES string of the molecule is CO.CO.O=C(/C=C(\[O-])C(F)(F)F)c1ccccc1.O=C(/C=C(\[O-])C(F)(F)F)c1ccccc1.O=C(/C=C(\[O-])C(F)(F)F)c1ccccc1.O=C(/C=C(\[O-])C(F)(F)F)c1ccccc1.O=C(/C=C(\[O-])C(F)(F)F)c1ccccc1.O=C(/C=C(\[O-])C(F)(F)F)c1ccccc1.[Nd+3].[Nd+3].c1cnc(-c2ncccn2)nc1.c1cnc(-c2ncccn2)nc1. The fourth-order valence-electron chi connectivity index (χ4n) is 6.98. The number of benzene rings is 6. The molecule has 0 fully saturated rings. The Kier molecular flexibility index (Phi) is 52.0. The summed E-state index contributed by atoms with van der Waals surface area (Å²) in [6.45, 7) is 0. The zero-order chi connectivity index (χ0) is 89.3. The van der Waals surface area contributed by atoms with E-state index in [-0.39, 0.29) is 152 Å². The first-order valence-corrected chi connectivity index (χ1v) is 31.7. The van der Waals surface area contributed by atoms with Crippen LogP contribution in [0.3, 0.4) is 0 Å². The summed E-state index contributed by atoms with van der Waals surface area (Å²) in [4.78, 5) is 98.9. The maximum atomic E-state index is 11.8. The van der Waals surface area contributed by atoms with Gasteiger partial charge in [-0.1, -0.05) is 182 Å². The first-order valence-electron chi connectivity index (χ1n) is 31.7. The maximum Gasteiger partial charge on any atom is 3.00 e. The van der Waals surface area contributed by atoms with Crippen LogP contribution in [0, 0.1) is 81.7 Å². The maximum absolute atomic E-state index is 11.8. The van der Waals surface area contributed by atoms with E-state index >= 15 is 0 Å². The van der Waals surface area contributed by atoms with E-state index in [1.807, 2.05) is 0 Å². The minimum absolute atomic E-state index is 0. The summed E-state index contributed by atoms with van der Waals surface area (Å²) in [5.41, 5.74) is 0.306. The van der Waals surface area contributed by atoms with Crippen molar-refractivity contribution in [2.24, 2.45) is 0 Å². The second-order valence-electron chi connectivity index (χ2n) is 20.7. The van der Waals surface area contributed by atoms with Crippen molar-refractivity contribution in [3.8, 4) is 23.3 Å². The smallest absolute Gasteiger partial charge is 0.869 e. The number of aromatic nitrogens is 8. The molecule has 6 aromatic carbocycles. The first-order chi connectivity index (χ1) is 55.4. The topological polar surface area (TPSA) is 384 Å². The molecule has 4 heterocycles. The number of ketones is 6. The number of allylic oxidation sites excluding steroid dienone is 12. The summed E-state index contributed by atoms with van der Waals surface area (Å²) in [5, 5.41) is 76.7. The minimum Gasteiger partial charge on any atom is -0.869 e. The number of carbonyl (C=O) groups excluding carboxylic acids is 6. The van der Waals surface area contributed by atoms with Crippen molar-refractivity contribution in [3.05, 3.63) is 360 Å². The molecule has 0 atom stereocenters. The number of rotatable bonds is 14. The average Bonchev–Trinajstić information content (AvgIpc) is 0.848. The minimum atomic E-state index is -5.00. The fraction of sp³-hybridized carbons (Fsp3) is 0.103. The van der Waals surface area contributed by atoms with Gasteiger partial charge in [0.05, 0.1) is 0 Å². The van der Waals surface area contributed by atoms with E-state index in [9.17, 15) is 138 Å². The molecule has 0 aliphatic carbocycles. The summed E-state index contributed by atoms with van der Waals surface area (Å²) < 4.78 is 212. The van der Waals surface area contributed by atoms with Crippen molar-refractivity contribution in [2.75, 3.05) is 14.2 Å². The Bertz CT molecular complexity index is 4110. The van der Waals surface area contributed by atoms with Crippen LogP contribution in [-0.4, -0.2) is 136 Å². The van der Waals surface area contributed by atoms with Crippen LogP contribution in [0.4, 0.5) is 79.0 Å². The van der Waals surface area contributed by atoms with Gasteiger partial charge in [0.1, 0.15) is 0 Å². The van der Waals surface area contributed by atoms with Gasteiger partial charge in [-0.15, -0.1) is 0 Å². The molecule has 0 unspecified atom stereocenters. The number of nitrogens with zero attached hydrogens (tertiary/aromatic N) is 8. The Balaban J connectivity index is 0. The van der Waals surface area contributed by atoms with Crippen LogP contribution in [0.15, 0.2) is 327 Å². The van der Waals surface area contributed by atoms with Crippen molar-refractivity contribution in [1.29, 1.82) is 0 Å². The van der Waals surface area contributed by atoms with Crippen molar-refractivity contribution in [1.82, 2.24) is 39.9 Å².